The van der Waals surface area contributed by atoms with Gasteiger partial charge in [0.2, 0.25) is 11.8 Å². The summed E-state index contributed by atoms with van der Waals surface area (Å²) < 4.78 is 1.01. The molecule has 0 fully saturated rings. The van der Waals surface area contributed by atoms with Crippen LogP contribution in [0.5, 0.6) is 0 Å². The number of carbonyl (C=O) groups excluding carboxylic acids is 2. The van der Waals surface area contributed by atoms with Gasteiger partial charge >= 0.3 is 0 Å². The topological polar surface area (TPSA) is 71.1 Å². The second kappa shape index (κ2) is 8.97. The van der Waals surface area contributed by atoms with Gasteiger partial charge in [0.25, 0.3) is 0 Å². The van der Waals surface area contributed by atoms with Crippen LogP contribution in [0.4, 0.5) is 10.8 Å². The number of carbonyl (C=O) groups is 2. The van der Waals surface area contributed by atoms with Gasteiger partial charge in [-0.3, -0.25) is 9.59 Å². The van der Waals surface area contributed by atoms with E-state index in [4.69, 9.17) is 0 Å². The second-order valence-corrected chi connectivity index (χ2v) is 8.07. The van der Waals surface area contributed by atoms with Crippen LogP contribution in [0.2, 0.25) is 0 Å². The van der Waals surface area contributed by atoms with E-state index >= 15 is 0 Å². The average Bonchev–Trinajstić information content (AvgIpc) is 3.00. The van der Waals surface area contributed by atoms with Crippen LogP contribution in [0.15, 0.2) is 36.4 Å². The third-order valence-electron chi connectivity index (χ3n) is 4.32. The van der Waals surface area contributed by atoms with Crippen molar-refractivity contribution in [2.24, 2.45) is 0 Å². The van der Waals surface area contributed by atoms with E-state index in [1.165, 1.54) is 11.3 Å². The summed E-state index contributed by atoms with van der Waals surface area (Å²) in [6, 6.07) is 12.0. The lowest BCUT2D eigenvalue weighted by molar-refractivity contribution is -0.117. The number of fused-ring (bicyclic) bond motifs is 1. The molecule has 0 aliphatic heterocycles. The molecule has 1 heterocycles. The maximum Gasteiger partial charge on any atom is 0.226 e. The molecule has 2 amide bonds. The molecule has 3 aromatic rings. The van der Waals surface area contributed by atoms with Crippen LogP contribution >= 0.6 is 11.3 Å². The molecule has 146 valence electrons. The van der Waals surface area contributed by atoms with Crippen LogP contribution in [0.25, 0.3) is 10.2 Å². The summed E-state index contributed by atoms with van der Waals surface area (Å²) in [5, 5.41) is 6.44. The number of nitrogens with zero attached hydrogens (tertiary/aromatic N) is 1. The van der Waals surface area contributed by atoms with Gasteiger partial charge in [-0.1, -0.05) is 30.4 Å². The zero-order chi connectivity index (χ0) is 20.1. The largest absolute Gasteiger partial charge is 0.326 e. The molecule has 0 radical (unpaired) electrons. The first-order valence-electron chi connectivity index (χ1n) is 9.50. The van der Waals surface area contributed by atoms with Crippen molar-refractivity contribution >= 4 is 44.2 Å². The molecule has 0 saturated carbocycles. The molecule has 0 unspecified atom stereocenters. The van der Waals surface area contributed by atoms with Crippen LogP contribution < -0.4 is 10.6 Å². The highest BCUT2D eigenvalue weighted by molar-refractivity contribution is 7.22. The number of hydrogen-bond donors (Lipinski definition) is 2. The van der Waals surface area contributed by atoms with Crippen molar-refractivity contribution in [2.45, 2.75) is 46.5 Å². The number of aromatic nitrogens is 1. The van der Waals surface area contributed by atoms with E-state index in [2.05, 4.69) is 21.7 Å². The third-order valence-corrected chi connectivity index (χ3v) is 5.26. The Labute approximate surface area is 169 Å². The minimum atomic E-state index is -0.00941. The minimum absolute atomic E-state index is 0.00178. The molecule has 2 N–H and O–H groups in total. The second-order valence-electron chi connectivity index (χ2n) is 7.04. The maximum atomic E-state index is 12.3. The van der Waals surface area contributed by atoms with E-state index in [0.717, 1.165) is 39.0 Å². The van der Waals surface area contributed by atoms with Crippen LogP contribution in [0.1, 0.15) is 42.9 Å². The van der Waals surface area contributed by atoms with Gasteiger partial charge in [0.15, 0.2) is 5.13 Å². The van der Waals surface area contributed by atoms with Gasteiger partial charge in [-0.05, 0) is 67.6 Å². The molecule has 0 aliphatic rings. The van der Waals surface area contributed by atoms with Crippen LogP contribution in [0, 0.1) is 13.8 Å². The van der Waals surface area contributed by atoms with Crippen molar-refractivity contribution in [1.82, 2.24) is 4.98 Å². The Kier molecular flexibility index (Phi) is 6.41. The Morgan fingerprint density at radius 2 is 1.68 bits per heavy atom. The lowest BCUT2D eigenvalue weighted by Gasteiger charge is -2.07. The number of thiazole rings is 1. The van der Waals surface area contributed by atoms with Gasteiger partial charge in [-0.2, -0.15) is 0 Å². The van der Waals surface area contributed by atoms with Crippen molar-refractivity contribution in [1.29, 1.82) is 0 Å². The van der Waals surface area contributed by atoms with Gasteiger partial charge < -0.3 is 10.6 Å². The van der Waals surface area contributed by atoms with Crippen molar-refractivity contribution in [2.75, 3.05) is 10.6 Å². The standard InChI is InChI=1S/C22H25N3O2S/c1-4-5-20(26)25-22-24-18-8-6-16(13-19(18)28-22)7-9-21(27)23-17-11-14(2)10-15(3)12-17/h6,8,10-13H,4-5,7,9H2,1-3H3,(H,23,27)(H,24,25,26). The van der Waals surface area contributed by atoms with Crippen LogP contribution in [-0.4, -0.2) is 16.8 Å². The predicted octanol–water partition coefficient (Wildman–Crippen LogP) is 5.22. The smallest absolute Gasteiger partial charge is 0.226 e. The van der Waals surface area contributed by atoms with Gasteiger partial charge in [-0.15, -0.1) is 0 Å². The van der Waals surface area contributed by atoms with Gasteiger partial charge in [0.05, 0.1) is 10.2 Å². The molecule has 0 aliphatic carbocycles. The Bertz CT molecular complexity index is 990. The van der Waals surface area contributed by atoms with E-state index in [9.17, 15) is 9.59 Å². The lowest BCUT2D eigenvalue weighted by Crippen LogP contribution is -2.12. The minimum Gasteiger partial charge on any atom is -0.326 e. The molecular weight excluding hydrogens is 370 g/mol. The molecule has 5 nitrogen and oxygen atoms in total. The number of amides is 2. The van der Waals surface area contributed by atoms with Crippen LogP contribution in [0.3, 0.4) is 0 Å². The van der Waals surface area contributed by atoms with E-state index in [-0.39, 0.29) is 11.8 Å². The Balaban J connectivity index is 1.60. The molecule has 6 heteroatoms. The first kappa shape index (κ1) is 20.0. The summed E-state index contributed by atoms with van der Waals surface area (Å²) in [6.07, 6.45) is 2.38. The Morgan fingerprint density at radius 3 is 2.39 bits per heavy atom. The molecule has 0 saturated heterocycles. The van der Waals surface area contributed by atoms with Gasteiger partial charge in [0, 0.05) is 18.5 Å². The highest BCUT2D eigenvalue weighted by Crippen LogP contribution is 2.27. The van der Waals surface area contributed by atoms with Crippen molar-refractivity contribution < 1.29 is 9.59 Å². The normalized spacial score (nSPS) is 10.8. The average molecular weight is 396 g/mol. The van der Waals surface area contributed by atoms with Crippen molar-refractivity contribution in [3.05, 3.63) is 53.1 Å². The molecule has 3 rings (SSSR count). The third kappa shape index (κ3) is 5.39. The quantitative estimate of drug-likeness (QED) is 0.576. The van der Waals surface area contributed by atoms with Crippen molar-refractivity contribution in [3.8, 4) is 0 Å². The summed E-state index contributed by atoms with van der Waals surface area (Å²) in [4.78, 5) is 28.5. The van der Waals surface area contributed by atoms with Gasteiger partial charge in [-0.25, -0.2) is 4.98 Å². The summed E-state index contributed by atoms with van der Waals surface area (Å²) >= 11 is 1.46. The zero-order valence-corrected chi connectivity index (χ0v) is 17.3. The number of hydrogen-bond acceptors (Lipinski definition) is 4. The summed E-state index contributed by atoms with van der Waals surface area (Å²) in [5.41, 5.74) is 5.05. The number of anilines is 2. The number of nitrogens with one attached hydrogen (secondary N) is 2. The van der Waals surface area contributed by atoms with E-state index in [0.29, 0.717) is 24.4 Å². The number of aryl methyl sites for hydroxylation is 3. The predicted molar refractivity (Wildman–Crippen MR) is 116 cm³/mol. The summed E-state index contributed by atoms with van der Waals surface area (Å²) in [6.45, 7) is 6.01. The molecule has 2 aromatic carbocycles. The fraction of sp³-hybridized carbons (Fsp3) is 0.318. The first-order chi connectivity index (χ1) is 13.4. The van der Waals surface area contributed by atoms with E-state index < -0.39 is 0 Å². The zero-order valence-electron chi connectivity index (χ0n) is 16.5. The van der Waals surface area contributed by atoms with E-state index in [1.807, 2.05) is 51.1 Å². The Hall–Kier alpha value is -2.73. The molecule has 1 aromatic heterocycles. The monoisotopic (exact) mass is 395 g/mol. The van der Waals surface area contributed by atoms with Crippen LogP contribution in [-0.2, 0) is 16.0 Å². The van der Waals surface area contributed by atoms with Gasteiger partial charge in [0.1, 0.15) is 0 Å². The molecular formula is C22H25N3O2S. The fourth-order valence-corrected chi connectivity index (χ4v) is 4.06. The lowest BCUT2D eigenvalue weighted by atomic mass is 10.1. The molecule has 28 heavy (non-hydrogen) atoms. The molecule has 0 atom stereocenters. The molecule has 0 bridgehead atoms. The van der Waals surface area contributed by atoms with E-state index in [1.54, 1.807) is 0 Å². The summed E-state index contributed by atoms with van der Waals surface area (Å²) in [7, 11) is 0. The highest BCUT2D eigenvalue weighted by atomic mass is 32.1. The summed E-state index contributed by atoms with van der Waals surface area (Å²) in [5.74, 6) is -0.00763. The number of rotatable bonds is 7. The fourth-order valence-electron chi connectivity index (χ4n) is 3.12. The first-order valence-corrected chi connectivity index (χ1v) is 10.3. The van der Waals surface area contributed by atoms with Crippen molar-refractivity contribution in [3.63, 3.8) is 0 Å². The SMILES string of the molecule is CCCC(=O)Nc1nc2ccc(CCC(=O)Nc3cc(C)cc(C)c3)cc2s1. The number of benzene rings is 2. The maximum absolute atomic E-state index is 12.3. The Morgan fingerprint density at radius 1 is 0.964 bits per heavy atom. The molecule has 0 spiro atoms. The highest BCUT2D eigenvalue weighted by Gasteiger charge is 2.09.